The third-order valence-corrected chi connectivity index (χ3v) is 2.24. The van der Waals surface area contributed by atoms with Gasteiger partial charge in [-0.1, -0.05) is 18.5 Å². The molecule has 0 saturated heterocycles. The van der Waals surface area contributed by atoms with Gasteiger partial charge in [0.2, 0.25) is 0 Å². The van der Waals surface area contributed by atoms with E-state index in [-0.39, 0.29) is 5.75 Å². The van der Waals surface area contributed by atoms with Gasteiger partial charge in [0.25, 0.3) is 0 Å². The number of hydrogen-bond donors (Lipinski definition) is 1. The van der Waals surface area contributed by atoms with Gasteiger partial charge < -0.3 is 10.0 Å². The molecule has 1 aromatic carbocycles. The lowest BCUT2D eigenvalue weighted by atomic mass is 10.2. The van der Waals surface area contributed by atoms with Crippen LogP contribution < -0.4 is 0 Å². The average Bonchev–Trinajstić information content (AvgIpc) is 2.11. The van der Waals surface area contributed by atoms with Crippen LogP contribution in [-0.4, -0.2) is 16.6 Å². The van der Waals surface area contributed by atoms with E-state index in [0.717, 1.165) is 12.1 Å². The summed E-state index contributed by atoms with van der Waals surface area (Å²) in [5.41, 5.74) is 0.901. The quantitative estimate of drug-likeness (QED) is 0.755. The molecule has 0 saturated carbocycles. The van der Waals surface area contributed by atoms with E-state index >= 15 is 0 Å². The summed E-state index contributed by atoms with van der Waals surface area (Å²) in [6, 6.07) is 4.93. The number of rotatable bonds is 3. The molecule has 0 bridgehead atoms. The predicted molar refractivity (Wildman–Crippen MR) is 54.6 cm³/mol. The van der Waals surface area contributed by atoms with Crippen molar-refractivity contribution >= 4 is 11.6 Å². The van der Waals surface area contributed by atoms with Crippen LogP contribution in [0.15, 0.2) is 18.2 Å². The molecule has 0 radical (unpaired) electrons. The van der Waals surface area contributed by atoms with Gasteiger partial charge >= 0.3 is 0 Å². The summed E-state index contributed by atoms with van der Waals surface area (Å²) in [4.78, 5) is 1.88. The lowest BCUT2D eigenvalue weighted by molar-refractivity contribution is 0.382. The number of hydrogen-bond acceptors (Lipinski definition) is 2. The molecule has 0 aliphatic rings. The van der Waals surface area contributed by atoms with Gasteiger partial charge in [-0.2, -0.15) is 0 Å². The molecule has 0 atom stereocenters. The fraction of sp³-hybridized carbons (Fsp3) is 0.300. The molecule has 0 fully saturated rings. The zero-order valence-electron chi connectivity index (χ0n) is 7.63. The second kappa shape index (κ2) is 4.49. The molecule has 0 aliphatic carbocycles. The molecule has 0 heterocycles. The molecular formula is C10H13ClNO-. The molecular weight excluding hydrogens is 186 g/mol. The monoisotopic (exact) mass is 198 g/mol. The fourth-order valence-corrected chi connectivity index (χ4v) is 1.21. The van der Waals surface area contributed by atoms with Crippen LogP contribution in [0.3, 0.4) is 0 Å². The summed E-state index contributed by atoms with van der Waals surface area (Å²) in [6.07, 6.45) is 0. The highest BCUT2D eigenvalue weighted by Crippen LogP contribution is 2.22. The topological polar surface area (TPSA) is 23.5 Å². The third-order valence-electron chi connectivity index (χ3n) is 1.87. The molecule has 1 N–H and O–H groups in total. The van der Waals surface area contributed by atoms with Crippen LogP contribution in [0.25, 0.3) is 0 Å². The highest BCUT2D eigenvalue weighted by Gasteiger charge is 2.01. The van der Waals surface area contributed by atoms with E-state index in [4.69, 9.17) is 11.6 Å². The van der Waals surface area contributed by atoms with Crippen LogP contribution >= 0.6 is 11.6 Å². The molecule has 13 heavy (non-hydrogen) atoms. The van der Waals surface area contributed by atoms with Gasteiger partial charge in [0.05, 0.1) is 0 Å². The number of phenols is 1. The highest BCUT2D eigenvalue weighted by atomic mass is 35.5. The van der Waals surface area contributed by atoms with Crippen molar-refractivity contribution in [2.24, 2.45) is 0 Å². The van der Waals surface area contributed by atoms with Crippen molar-refractivity contribution in [2.45, 2.75) is 13.5 Å². The first-order chi connectivity index (χ1) is 6.13. The number of aromatic hydroxyl groups is 1. The Morgan fingerprint density at radius 1 is 1.54 bits per heavy atom. The van der Waals surface area contributed by atoms with Crippen molar-refractivity contribution in [1.29, 1.82) is 0 Å². The van der Waals surface area contributed by atoms with E-state index in [1.807, 2.05) is 11.8 Å². The fourth-order valence-electron chi connectivity index (χ4n) is 1.04. The van der Waals surface area contributed by atoms with Crippen molar-refractivity contribution in [1.82, 2.24) is 4.90 Å². The summed E-state index contributed by atoms with van der Waals surface area (Å²) < 4.78 is 0. The number of nitrogens with zero attached hydrogens (tertiary/aromatic N) is 1. The molecule has 0 amide bonds. The Balaban J connectivity index is 2.81. The van der Waals surface area contributed by atoms with E-state index in [9.17, 15) is 5.11 Å². The van der Waals surface area contributed by atoms with Crippen LogP contribution in [0.5, 0.6) is 5.75 Å². The van der Waals surface area contributed by atoms with Crippen LogP contribution in [0.1, 0.15) is 12.5 Å². The van der Waals surface area contributed by atoms with Gasteiger partial charge in [-0.25, -0.2) is 0 Å². The average molecular weight is 199 g/mol. The minimum absolute atomic E-state index is 0.240. The third kappa shape index (κ3) is 2.90. The number of halogens is 1. The van der Waals surface area contributed by atoms with E-state index < -0.39 is 0 Å². The normalized spacial score (nSPS) is 10.8. The van der Waals surface area contributed by atoms with Crippen molar-refractivity contribution in [2.75, 3.05) is 6.54 Å². The van der Waals surface area contributed by atoms with E-state index in [1.165, 1.54) is 0 Å². The zero-order valence-corrected chi connectivity index (χ0v) is 8.38. The summed E-state index contributed by atoms with van der Waals surface area (Å²) in [5, 5.41) is 9.89. The van der Waals surface area contributed by atoms with Gasteiger partial charge in [0.15, 0.2) is 0 Å². The Labute approximate surface area is 83.7 Å². The van der Waals surface area contributed by atoms with Crippen LogP contribution in [0, 0.1) is 7.05 Å². The Kier molecular flexibility index (Phi) is 3.58. The molecule has 0 unspecified atom stereocenters. The van der Waals surface area contributed by atoms with Crippen LogP contribution in [0.4, 0.5) is 0 Å². The Morgan fingerprint density at radius 3 is 2.85 bits per heavy atom. The van der Waals surface area contributed by atoms with Gasteiger partial charge in [0, 0.05) is 5.02 Å². The maximum Gasteiger partial charge on any atom is 0.116 e. The Hall–Kier alpha value is -0.730. The van der Waals surface area contributed by atoms with Crippen molar-refractivity contribution < 1.29 is 5.11 Å². The zero-order chi connectivity index (χ0) is 9.84. The maximum absolute atomic E-state index is 9.23. The Morgan fingerprint density at radius 2 is 2.23 bits per heavy atom. The molecule has 0 aromatic heterocycles. The molecule has 0 aliphatic heterocycles. The van der Waals surface area contributed by atoms with Crippen molar-refractivity contribution in [3.05, 3.63) is 35.8 Å². The molecule has 1 rings (SSSR count). The van der Waals surface area contributed by atoms with Gasteiger partial charge in [-0.05, 0) is 36.9 Å². The first-order valence-electron chi connectivity index (χ1n) is 4.16. The van der Waals surface area contributed by atoms with E-state index in [2.05, 4.69) is 7.05 Å². The maximum atomic E-state index is 9.23. The lowest BCUT2D eigenvalue weighted by Crippen LogP contribution is -2.14. The van der Waals surface area contributed by atoms with Gasteiger partial charge in [0.1, 0.15) is 5.75 Å². The van der Waals surface area contributed by atoms with E-state index in [1.54, 1.807) is 18.2 Å². The largest absolute Gasteiger partial charge is 0.508 e. The highest BCUT2D eigenvalue weighted by molar-refractivity contribution is 6.31. The summed E-state index contributed by atoms with van der Waals surface area (Å²) >= 11 is 5.93. The van der Waals surface area contributed by atoms with Crippen LogP contribution in [-0.2, 0) is 6.54 Å². The Bertz CT molecular complexity index is 288. The van der Waals surface area contributed by atoms with Gasteiger partial charge in [-0.3, -0.25) is 7.05 Å². The number of phenolic OH excluding ortho intramolecular Hbond substituents is 1. The second-order valence-corrected chi connectivity index (χ2v) is 3.33. The minimum atomic E-state index is 0.240. The standard InChI is InChI=1S/C10H13ClNO/c1-3-12(2)7-8-6-9(13)4-5-10(8)11/h4-6,13H,2-3,7H2,1H3/q-1. The smallest absolute Gasteiger partial charge is 0.116 e. The lowest BCUT2D eigenvalue weighted by Gasteiger charge is -2.23. The van der Waals surface area contributed by atoms with Crippen molar-refractivity contribution in [3.63, 3.8) is 0 Å². The molecule has 3 heteroatoms. The molecule has 1 aromatic rings. The number of benzene rings is 1. The second-order valence-electron chi connectivity index (χ2n) is 2.92. The molecule has 0 spiro atoms. The minimum Gasteiger partial charge on any atom is -0.508 e. The SMILES string of the molecule is [CH2-]N(CC)Cc1cc(O)ccc1Cl. The molecule has 72 valence electrons. The first-order valence-corrected chi connectivity index (χ1v) is 4.54. The summed E-state index contributed by atoms with van der Waals surface area (Å²) in [5.74, 6) is 0.240. The van der Waals surface area contributed by atoms with Crippen molar-refractivity contribution in [3.8, 4) is 5.75 Å². The molecule has 2 nitrogen and oxygen atoms in total. The summed E-state index contributed by atoms with van der Waals surface area (Å²) in [7, 11) is 3.82. The summed E-state index contributed by atoms with van der Waals surface area (Å²) in [6.45, 7) is 3.53. The first kappa shape index (κ1) is 10.4. The predicted octanol–water partition coefficient (Wildman–Crippen LogP) is 2.66. The van der Waals surface area contributed by atoms with Gasteiger partial charge in [-0.15, -0.1) is 0 Å². The van der Waals surface area contributed by atoms with E-state index in [0.29, 0.717) is 11.6 Å². The van der Waals surface area contributed by atoms with Crippen LogP contribution in [0.2, 0.25) is 5.02 Å².